The van der Waals surface area contributed by atoms with Gasteiger partial charge in [0.2, 0.25) is 0 Å². The third kappa shape index (κ3) is 3.74. The maximum Gasteiger partial charge on any atom is 0.0672 e. The highest BCUT2D eigenvalue weighted by molar-refractivity contribution is 4.88. The van der Waals surface area contributed by atoms with Crippen LogP contribution in [0.3, 0.4) is 0 Å². The molecule has 94 valence electrons. The van der Waals surface area contributed by atoms with Crippen molar-refractivity contribution in [2.45, 2.75) is 58.0 Å². The average molecular weight is 225 g/mol. The second-order valence-electron chi connectivity index (χ2n) is 6.40. The van der Waals surface area contributed by atoms with Gasteiger partial charge in [0.05, 0.1) is 5.60 Å². The van der Waals surface area contributed by atoms with Crippen molar-refractivity contribution in [1.82, 2.24) is 4.90 Å². The van der Waals surface area contributed by atoms with Gasteiger partial charge >= 0.3 is 0 Å². The Morgan fingerprint density at radius 1 is 1.25 bits per heavy atom. The molecule has 0 bridgehead atoms. The van der Waals surface area contributed by atoms with Gasteiger partial charge in [-0.05, 0) is 37.5 Å². The molecule has 1 aliphatic carbocycles. The van der Waals surface area contributed by atoms with E-state index in [0.717, 1.165) is 44.2 Å². The van der Waals surface area contributed by atoms with E-state index in [0.29, 0.717) is 0 Å². The lowest BCUT2D eigenvalue weighted by Crippen LogP contribution is -2.45. The van der Waals surface area contributed by atoms with Gasteiger partial charge < -0.3 is 10.0 Å². The summed E-state index contributed by atoms with van der Waals surface area (Å²) in [7, 11) is 0. The molecule has 16 heavy (non-hydrogen) atoms. The average Bonchev–Trinajstić information content (AvgIpc) is 3.02. The molecular weight excluding hydrogens is 198 g/mol. The highest BCUT2D eigenvalue weighted by atomic mass is 16.3. The first-order valence-corrected chi connectivity index (χ1v) is 7.02. The number of hydrogen-bond acceptors (Lipinski definition) is 2. The number of piperidine rings is 1. The fourth-order valence-electron chi connectivity index (χ4n) is 2.80. The first kappa shape index (κ1) is 12.4. The van der Waals surface area contributed by atoms with Gasteiger partial charge in [0.1, 0.15) is 0 Å². The molecule has 1 aliphatic heterocycles. The Kier molecular flexibility index (Phi) is 3.91. The first-order chi connectivity index (χ1) is 7.57. The van der Waals surface area contributed by atoms with Gasteiger partial charge in [-0.15, -0.1) is 0 Å². The highest BCUT2D eigenvalue weighted by Gasteiger charge is 2.34. The maximum atomic E-state index is 10.5. The van der Waals surface area contributed by atoms with Gasteiger partial charge in [0, 0.05) is 19.6 Å². The predicted molar refractivity (Wildman–Crippen MR) is 67.4 cm³/mol. The van der Waals surface area contributed by atoms with Crippen LogP contribution in [0.25, 0.3) is 0 Å². The van der Waals surface area contributed by atoms with Crippen molar-refractivity contribution in [3.8, 4) is 0 Å². The van der Waals surface area contributed by atoms with Gasteiger partial charge in [-0.2, -0.15) is 0 Å². The minimum atomic E-state index is -0.323. The standard InChI is InChI=1S/C14H27NO/c1-12(2)11-15-9-7-14(16,8-10-15)6-5-13-3-4-13/h12-13,16H,3-11H2,1-2H3. The number of hydrogen-bond donors (Lipinski definition) is 1. The van der Waals surface area contributed by atoms with E-state index in [-0.39, 0.29) is 5.60 Å². The van der Waals surface area contributed by atoms with Crippen LogP contribution in [0, 0.1) is 11.8 Å². The Morgan fingerprint density at radius 3 is 2.38 bits per heavy atom. The lowest BCUT2D eigenvalue weighted by molar-refractivity contribution is -0.0317. The monoisotopic (exact) mass is 225 g/mol. The van der Waals surface area contributed by atoms with Crippen molar-refractivity contribution in [3.63, 3.8) is 0 Å². The van der Waals surface area contributed by atoms with E-state index in [1.807, 2.05) is 0 Å². The van der Waals surface area contributed by atoms with E-state index < -0.39 is 0 Å². The zero-order valence-electron chi connectivity index (χ0n) is 10.9. The molecule has 1 heterocycles. The fourth-order valence-corrected chi connectivity index (χ4v) is 2.80. The zero-order chi connectivity index (χ0) is 11.6. The SMILES string of the molecule is CC(C)CN1CCC(O)(CCC2CC2)CC1. The zero-order valence-corrected chi connectivity index (χ0v) is 10.9. The largest absolute Gasteiger partial charge is 0.390 e. The third-order valence-electron chi connectivity index (χ3n) is 4.12. The van der Waals surface area contributed by atoms with E-state index in [9.17, 15) is 5.11 Å². The quantitative estimate of drug-likeness (QED) is 0.777. The van der Waals surface area contributed by atoms with E-state index in [1.54, 1.807) is 0 Å². The summed E-state index contributed by atoms with van der Waals surface area (Å²) in [6.07, 6.45) is 7.12. The van der Waals surface area contributed by atoms with Gasteiger partial charge in [-0.25, -0.2) is 0 Å². The van der Waals surface area contributed by atoms with Crippen LogP contribution in [-0.2, 0) is 0 Å². The first-order valence-electron chi connectivity index (χ1n) is 7.02. The molecule has 0 spiro atoms. The van der Waals surface area contributed by atoms with Crippen molar-refractivity contribution in [3.05, 3.63) is 0 Å². The lowest BCUT2D eigenvalue weighted by atomic mass is 9.86. The smallest absolute Gasteiger partial charge is 0.0672 e. The van der Waals surface area contributed by atoms with E-state index in [4.69, 9.17) is 0 Å². The molecule has 1 saturated carbocycles. The molecular formula is C14H27NO. The van der Waals surface area contributed by atoms with Gasteiger partial charge in [-0.1, -0.05) is 26.7 Å². The molecule has 0 radical (unpaired) electrons. The van der Waals surface area contributed by atoms with E-state index in [2.05, 4.69) is 18.7 Å². The molecule has 1 saturated heterocycles. The van der Waals surface area contributed by atoms with Crippen molar-refractivity contribution in [2.24, 2.45) is 11.8 Å². The molecule has 0 aromatic carbocycles. The summed E-state index contributed by atoms with van der Waals surface area (Å²) < 4.78 is 0. The second kappa shape index (κ2) is 5.05. The number of rotatable bonds is 5. The minimum Gasteiger partial charge on any atom is -0.390 e. The van der Waals surface area contributed by atoms with Gasteiger partial charge in [0.15, 0.2) is 0 Å². The number of aliphatic hydroxyl groups is 1. The van der Waals surface area contributed by atoms with Crippen molar-refractivity contribution < 1.29 is 5.11 Å². The van der Waals surface area contributed by atoms with Crippen LogP contribution >= 0.6 is 0 Å². The second-order valence-corrected chi connectivity index (χ2v) is 6.40. The Balaban J connectivity index is 1.69. The lowest BCUT2D eigenvalue weighted by Gasteiger charge is -2.39. The Hall–Kier alpha value is -0.0800. The van der Waals surface area contributed by atoms with Crippen LogP contribution < -0.4 is 0 Å². The Bertz CT molecular complexity index is 215. The summed E-state index contributed by atoms with van der Waals surface area (Å²) in [4.78, 5) is 2.51. The molecule has 0 unspecified atom stereocenters. The van der Waals surface area contributed by atoms with Crippen molar-refractivity contribution in [1.29, 1.82) is 0 Å². The topological polar surface area (TPSA) is 23.5 Å². The number of nitrogens with zero attached hydrogens (tertiary/aromatic N) is 1. The minimum absolute atomic E-state index is 0.323. The van der Waals surface area contributed by atoms with Crippen LogP contribution in [0.15, 0.2) is 0 Å². The van der Waals surface area contributed by atoms with Gasteiger partial charge in [0.25, 0.3) is 0 Å². The summed E-state index contributed by atoms with van der Waals surface area (Å²) in [5.74, 6) is 1.70. The van der Waals surface area contributed by atoms with E-state index in [1.165, 1.54) is 25.8 Å². The third-order valence-corrected chi connectivity index (χ3v) is 4.12. The molecule has 2 heteroatoms. The molecule has 0 aromatic heterocycles. The van der Waals surface area contributed by atoms with Crippen LogP contribution in [0.2, 0.25) is 0 Å². The van der Waals surface area contributed by atoms with E-state index >= 15 is 0 Å². The Labute approximate surface area is 100 Å². The van der Waals surface area contributed by atoms with Crippen LogP contribution in [0.1, 0.15) is 52.4 Å². The molecule has 2 aliphatic rings. The Morgan fingerprint density at radius 2 is 1.88 bits per heavy atom. The molecule has 0 amide bonds. The molecule has 2 fully saturated rings. The summed E-state index contributed by atoms with van der Waals surface area (Å²) in [5, 5.41) is 10.5. The predicted octanol–water partition coefficient (Wildman–Crippen LogP) is 2.66. The molecule has 1 N–H and O–H groups in total. The van der Waals surface area contributed by atoms with Crippen LogP contribution in [0.4, 0.5) is 0 Å². The molecule has 0 aromatic rings. The normalized spacial score (nSPS) is 26.2. The number of likely N-dealkylation sites (tertiary alicyclic amines) is 1. The van der Waals surface area contributed by atoms with Crippen molar-refractivity contribution in [2.75, 3.05) is 19.6 Å². The van der Waals surface area contributed by atoms with Crippen molar-refractivity contribution >= 4 is 0 Å². The highest BCUT2D eigenvalue weighted by Crippen LogP contribution is 2.37. The molecule has 0 atom stereocenters. The van der Waals surface area contributed by atoms with Crippen LogP contribution in [-0.4, -0.2) is 35.2 Å². The maximum absolute atomic E-state index is 10.5. The summed E-state index contributed by atoms with van der Waals surface area (Å²) in [6.45, 7) is 7.93. The summed E-state index contributed by atoms with van der Waals surface area (Å²) in [5.41, 5.74) is -0.323. The summed E-state index contributed by atoms with van der Waals surface area (Å²) in [6, 6.07) is 0. The van der Waals surface area contributed by atoms with Crippen LogP contribution in [0.5, 0.6) is 0 Å². The van der Waals surface area contributed by atoms with Gasteiger partial charge in [-0.3, -0.25) is 0 Å². The molecule has 2 nitrogen and oxygen atoms in total. The molecule has 2 rings (SSSR count). The summed E-state index contributed by atoms with van der Waals surface area (Å²) >= 11 is 0. The fraction of sp³-hybridized carbons (Fsp3) is 1.00.